The van der Waals surface area contributed by atoms with E-state index in [4.69, 9.17) is 9.31 Å². The molecular weight excluding hydrogens is 1020 g/mol. The summed E-state index contributed by atoms with van der Waals surface area (Å²) >= 11 is 3.84. The SMILES string of the molecule is Brc1c2ccccc2c(-c2cccc3ccccc23)c2ccccc12.C.CC1(C)OB(c2ccc3ccccc3c2)OC1(C)C.c1ccc2cc(-c3c4ccccc4c(-c4cccc5ccccc45)c4ccccc34)ccc2c1. The summed E-state index contributed by atoms with van der Waals surface area (Å²) in [6.07, 6.45) is 0. The van der Waals surface area contributed by atoms with E-state index in [2.05, 4.69) is 311 Å². The van der Waals surface area contributed by atoms with Crippen molar-refractivity contribution in [3.63, 3.8) is 0 Å². The van der Waals surface area contributed by atoms with Crippen LogP contribution in [-0.2, 0) is 9.31 Å². The quantitative estimate of drug-likeness (QED) is 0.129. The van der Waals surface area contributed by atoms with Gasteiger partial charge in [-0.1, -0.05) is 268 Å². The first-order valence-corrected chi connectivity index (χ1v) is 27.7. The first-order chi connectivity index (χ1) is 38.1. The number of benzene rings is 14. The Bertz CT molecular complexity index is 4470. The standard InChI is InChI=1S/C34H22.C24H15Br.C16H19BO2.CH4/c1-2-12-25-22-26(21-20-23(25)10-1)33-29-15-5-7-17-31(29)34(32-18-8-6-16-30(32)33)28-19-9-13-24-11-3-4-14-27(24)28;25-24-21-13-5-3-11-19(21)23(20-12-4-6-14-22(20)24)18-15-7-9-16-8-1-2-10-17(16)18;1-15(2)16(3,4)19-17(18-15)14-10-9-12-7-5-6-8-13(12)11-14;/h1-22H;1-15H;5-11H,1-4H3;1H4. The molecule has 1 aliphatic rings. The van der Waals surface area contributed by atoms with E-state index in [9.17, 15) is 0 Å². The van der Waals surface area contributed by atoms with Crippen LogP contribution in [-0.4, -0.2) is 18.3 Å². The molecule has 1 aliphatic heterocycles. The number of rotatable bonds is 4. The number of halogens is 1. The molecule has 1 fully saturated rings. The molecule has 1 saturated heterocycles. The van der Waals surface area contributed by atoms with Gasteiger partial charge < -0.3 is 9.31 Å². The Kier molecular flexibility index (Phi) is 13.7. The van der Waals surface area contributed by atoms with E-state index >= 15 is 0 Å². The van der Waals surface area contributed by atoms with Gasteiger partial charge in [-0.05, 0) is 175 Å². The van der Waals surface area contributed by atoms with E-state index in [1.807, 2.05) is 0 Å². The zero-order chi connectivity index (χ0) is 53.0. The summed E-state index contributed by atoms with van der Waals surface area (Å²) in [6.45, 7) is 8.31. The van der Waals surface area contributed by atoms with Gasteiger partial charge in [-0.15, -0.1) is 0 Å². The van der Waals surface area contributed by atoms with Crippen molar-refractivity contribution in [2.45, 2.75) is 46.3 Å². The minimum absolute atomic E-state index is 0. The van der Waals surface area contributed by atoms with Crippen LogP contribution in [0.4, 0.5) is 0 Å². The molecule has 0 aliphatic carbocycles. The van der Waals surface area contributed by atoms with Crippen LogP contribution in [0, 0.1) is 0 Å². The number of hydrogen-bond donors (Lipinski definition) is 0. The molecule has 4 heteroatoms. The van der Waals surface area contributed by atoms with Crippen molar-refractivity contribution in [1.29, 1.82) is 0 Å². The molecular formula is C75H60BBrO2. The molecule has 0 atom stereocenters. The fraction of sp³-hybridized carbons (Fsp3) is 0.0933. The predicted molar refractivity (Wildman–Crippen MR) is 346 cm³/mol. The van der Waals surface area contributed by atoms with Crippen LogP contribution in [0.25, 0.3) is 120 Å². The lowest BCUT2D eigenvalue weighted by atomic mass is 9.78. The van der Waals surface area contributed by atoms with E-state index < -0.39 is 0 Å². The third-order valence-electron chi connectivity index (χ3n) is 16.3. The molecule has 2 nitrogen and oxygen atoms in total. The molecule has 0 aromatic heterocycles. The van der Waals surface area contributed by atoms with Crippen molar-refractivity contribution in [2.75, 3.05) is 0 Å². The Hall–Kier alpha value is -8.38. The summed E-state index contributed by atoms with van der Waals surface area (Å²) in [7, 11) is -0.283. The van der Waals surface area contributed by atoms with E-state index in [-0.39, 0.29) is 25.7 Å². The molecule has 0 unspecified atom stereocenters. The molecule has 0 saturated carbocycles. The maximum Gasteiger partial charge on any atom is 0.494 e. The average molecular weight is 1080 g/mol. The Morgan fingerprint density at radius 3 is 1.05 bits per heavy atom. The van der Waals surface area contributed by atoms with Gasteiger partial charge in [0.15, 0.2) is 0 Å². The lowest BCUT2D eigenvalue weighted by molar-refractivity contribution is 0.00578. The first-order valence-electron chi connectivity index (χ1n) is 26.9. The van der Waals surface area contributed by atoms with Gasteiger partial charge in [-0.3, -0.25) is 0 Å². The predicted octanol–water partition coefficient (Wildman–Crippen LogP) is 21.0. The Morgan fingerprint density at radius 1 is 0.291 bits per heavy atom. The number of hydrogen-bond acceptors (Lipinski definition) is 2. The van der Waals surface area contributed by atoms with Gasteiger partial charge >= 0.3 is 7.12 Å². The van der Waals surface area contributed by atoms with Crippen molar-refractivity contribution in [1.82, 2.24) is 0 Å². The van der Waals surface area contributed by atoms with Crippen LogP contribution in [0.15, 0.2) is 271 Å². The summed E-state index contributed by atoms with van der Waals surface area (Å²) < 4.78 is 13.3. The fourth-order valence-corrected chi connectivity index (χ4v) is 12.4. The highest BCUT2D eigenvalue weighted by molar-refractivity contribution is 9.10. The van der Waals surface area contributed by atoms with Crippen molar-refractivity contribution >= 4 is 115 Å². The lowest BCUT2D eigenvalue weighted by Crippen LogP contribution is -2.41. The van der Waals surface area contributed by atoms with E-state index in [0.717, 1.165) is 5.46 Å². The van der Waals surface area contributed by atoms with Crippen LogP contribution in [0.1, 0.15) is 35.1 Å². The number of fused-ring (bicyclic) bond motifs is 8. The topological polar surface area (TPSA) is 18.5 Å². The Labute approximate surface area is 472 Å². The molecule has 79 heavy (non-hydrogen) atoms. The molecule has 0 N–H and O–H groups in total. The molecule has 0 bridgehead atoms. The molecule has 0 radical (unpaired) electrons. The third kappa shape index (κ3) is 9.34. The van der Waals surface area contributed by atoms with Gasteiger partial charge in [0, 0.05) is 4.47 Å². The molecule has 382 valence electrons. The highest BCUT2D eigenvalue weighted by atomic mass is 79.9. The molecule has 15 rings (SSSR count). The van der Waals surface area contributed by atoms with Gasteiger partial charge in [0.05, 0.1) is 11.2 Å². The van der Waals surface area contributed by atoms with Gasteiger partial charge in [-0.2, -0.15) is 0 Å². The Balaban J connectivity index is 0.000000123. The second kappa shape index (κ2) is 21.1. The summed E-state index contributed by atoms with van der Waals surface area (Å²) in [4.78, 5) is 0. The summed E-state index contributed by atoms with van der Waals surface area (Å²) in [5, 5.41) is 20.4. The monoisotopic (exact) mass is 1080 g/mol. The average Bonchev–Trinajstić information content (AvgIpc) is 3.79. The van der Waals surface area contributed by atoms with Gasteiger partial charge in [-0.25, -0.2) is 0 Å². The zero-order valence-electron chi connectivity index (χ0n) is 44.2. The van der Waals surface area contributed by atoms with Crippen LogP contribution < -0.4 is 5.46 Å². The summed E-state index contributed by atoms with van der Waals surface area (Å²) in [5.41, 5.74) is 8.27. The molecule has 0 amide bonds. The molecule has 1 heterocycles. The largest absolute Gasteiger partial charge is 0.494 e. The second-order valence-corrected chi connectivity index (χ2v) is 22.2. The van der Waals surface area contributed by atoms with Crippen LogP contribution in [0.3, 0.4) is 0 Å². The van der Waals surface area contributed by atoms with Crippen molar-refractivity contribution < 1.29 is 9.31 Å². The van der Waals surface area contributed by atoms with Gasteiger partial charge in [0.2, 0.25) is 0 Å². The van der Waals surface area contributed by atoms with Gasteiger partial charge in [0.25, 0.3) is 0 Å². The second-order valence-electron chi connectivity index (χ2n) is 21.4. The maximum atomic E-state index is 6.08. The molecule has 0 spiro atoms. The summed E-state index contributed by atoms with van der Waals surface area (Å²) in [5.74, 6) is 0. The molecule has 14 aromatic rings. The Morgan fingerprint density at radius 2 is 0.608 bits per heavy atom. The normalized spacial score (nSPS) is 13.6. The van der Waals surface area contributed by atoms with E-state index in [0.29, 0.717) is 0 Å². The van der Waals surface area contributed by atoms with Crippen molar-refractivity contribution in [2.24, 2.45) is 0 Å². The van der Waals surface area contributed by atoms with E-state index in [1.54, 1.807) is 0 Å². The maximum absolute atomic E-state index is 6.08. The third-order valence-corrected chi connectivity index (χ3v) is 17.1. The van der Waals surface area contributed by atoms with E-state index in [1.165, 1.54) is 124 Å². The minimum Gasteiger partial charge on any atom is -0.399 e. The van der Waals surface area contributed by atoms with Crippen LogP contribution >= 0.6 is 15.9 Å². The van der Waals surface area contributed by atoms with Crippen molar-refractivity contribution in [3.8, 4) is 33.4 Å². The summed E-state index contributed by atoms with van der Waals surface area (Å²) in [6, 6.07) is 95.8. The van der Waals surface area contributed by atoms with Crippen LogP contribution in [0.5, 0.6) is 0 Å². The zero-order valence-corrected chi connectivity index (χ0v) is 45.8. The van der Waals surface area contributed by atoms with Crippen LogP contribution in [0.2, 0.25) is 0 Å². The first kappa shape index (κ1) is 51.4. The van der Waals surface area contributed by atoms with Crippen molar-refractivity contribution in [3.05, 3.63) is 271 Å². The molecule has 14 aromatic carbocycles. The lowest BCUT2D eigenvalue weighted by Gasteiger charge is -2.32. The fourth-order valence-electron chi connectivity index (χ4n) is 11.7. The highest BCUT2D eigenvalue weighted by Crippen LogP contribution is 2.47. The van der Waals surface area contributed by atoms with Gasteiger partial charge in [0.1, 0.15) is 0 Å². The highest BCUT2D eigenvalue weighted by Gasteiger charge is 2.51. The minimum atomic E-state index is -0.288. The smallest absolute Gasteiger partial charge is 0.399 e.